The van der Waals surface area contributed by atoms with Gasteiger partial charge in [-0.3, -0.25) is 4.68 Å². The molecule has 0 saturated heterocycles. The molecule has 22 heavy (non-hydrogen) atoms. The molecule has 0 saturated carbocycles. The third-order valence-electron chi connectivity index (χ3n) is 2.85. The molecule has 2 amide bonds. The van der Waals surface area contributed by atoms with Gasteiger partial charge in [0.15, 0.2) is 5.69 Å². The first-order valence-corrected chi connectivity index (χ1v) is 6.20. The minimum Gasteiger partial charge on any atom is -0.332 e. The van der Waals surface area contributed by atoms with Crippen molar-refractivity contribution in [2.75, 3.05) is 5.32 Å². The van der Waals surface area contributed by atoms with Gasteiger partial charge in [0.25, 0.3) is 0 Å². The second-order valence-corrected chi connectivity index (χ2v) is 4.48. The normalized spacial score (nSPS) is 11.3. The van der Waals surface area contributed by atoms with Crippen LogP contribution in [0.3, 0.4) is 0 Å². The van der Waals surface area contributed by atoms with Crippen molar-refractivity contribution >= 4 is 11.7 Å². The maximum Gasteiger partial charge on any atom is 0.435 e. The van der Waals surface area contributed by atoms with Crippen molar-refractivity contribution in [3.05, 3.63) is 35.4 Å². The Morgan fingerprint density at radius 2 is 2.14 bits per heavy atom. The molecule has 0 aliphatic rings. The van der Waals surface area contributed by atoms with E-state index in [1.165, 1.54) is 13.2 Å². The zero-order valence-electron chi connectivity index (χ0n) is 11.8. The molecule has 0 unspecified atom stereocenters. The molecule has 0 atom stereocenters. The number of amides is 2. The Labute approximate surface area is 123 Å². The van der Waals surface area contributed by atoms with E-state index in [9.17, 15) is 18.0 Å². The first-order valence-electron chi connectivity index (χ1n) is 6.20. The maximum atomic E-state index is 12.5. The number of anilines is 1. The van der Waals surface area contributed by atoms with E-state index < -0.39 is 17.9 Å². The van der Waals surface area contributed by atoms with E-state index in [0.717, 1.165) is 10.7 Å². The van der Waals surface area contributed by atoms with Crippen molar-refractivity contribution in [2.24, 2.45) is 7.05 Å². The monoisotopic (exact) mass is 314 g/mol. The maximum absolute atomic E-state index is 12.5. The Morgan fingerprint density at radius 3 is 2.73 bits per heavy atom. The summed E-state index contributed by atoms with van der Waals surface area (Å²) in [7, 11) is 1.38. The molecule has 2 aromatic heterocycles. The van der Waals surface area contributed by atoms with Crippen LogP contribution in [0.25, 0.3) is 0 Å². The van der Waals surface area contributed by atoms with Crippen LogP contribution >= 0.6 is 0 Å². The number of carbonyl (C=O) groups excluding carboxylic acids is 1. The van der Waals surface area contributed by atoms with Crippen molar-refractivity contribution in [3.63, 3.8) is 0 Å². The zero-order valence-corrected chi connectivity index (χ0v) is 11.8. The molecule has 2 N–H and O–H groups in total. The van der Waals surface area contributed by atoms with E-state index in [1.807, 2.05) is 0 Å². The second-order valence-electron chi connectivity index (χ2n) is 4.48. The Kier molecular flexibility index (Phi) is 4.29. The van der Waals surface area contributed by atoms with Crippen LogP contribution in [0.5, 0.6) is 0 Å². The Morgan fingerprint density at radius 1 is 1.41 bits per heavy atom. The first kappa shape index (κ1) is 15.7. The molecule has 0 spiro atoms. The SMILES string of the molecule is Cc1nnccc1NC(=O)NCc1cc(C(F)(F)F)nn1C. The van der Waals surface area contributed by atoms with Crippen molar-refractivity contribution < 1.29 is 18.0 Å². The smallest absolute Gasteiger partial charge is 0.332 e. The van der Waals surface area contributed by atoms with Crippen molar-refractivity contribution in [3.8, 4) is 0 Å². The van der Waals surface area contributed by atoms with Gasteiger partial charge < -0.3 is 10.6 Å². The van der Waals surface area contributed by atoms with Gasteiger partial charge in [0, 0.05) is 7.05 Å². The summed E-state index contributed by atoms with van der Waals surface area (Å²) in [5, 5.41) is 15.8. The summed E-state index contributed by atoms with van der Waals surface area (Å²) in [6, 6.07) is 1.89. The van der Waals surface area contributed by atoms with Gasteiger partial charge in [-0.15, -0.1) is 0 Å². The molecule has 0 aliphatic heterocycles. The lowest BCUT2D eigenvalue weighted by Gasteiger charge is -2.08. The fourth-order valence-corrected chi connectivity index (χ4v) is 1.68. The van der Waals surface area contributed by atoms with Gasteiger partial charge in [0.05, 0.1) is 29.8 Å². The quantitative estimate of drug-likeness (QED) is 0.905. The Balaban J connectivity index is 1.97. The molecule has 2 rings (SSSR count). The fraction of sp³-hybridized carbons (Fsp3) is 0.333. The molecule has 0 fully saturated rings. The highest BCUT2D eigenvalue weighted by atomic mass is 19.4. The van der Waals surface area contributed by atoms with E-state index in [4.69, 9.17) is 0 Å². The average molecular weight is 314 g/mol. The van der Waals surface area contributed by atoms with Crippen LogP contribution in [0.2, 0.25) is 0 Å². The summed E-state index contributed by atoms with van der Waals surface area (Å²) in [5.41, 5.74) is 0.222. The highest BCUT2D eigenvalue weighted by Crippen LogP contribution is 2.28. The number of nitrogens with one attached hydrogen (secondary N) is 2. The minimum atomic E-state index is -4.52. The van der Waals surface area contributed by atoms with Gasteiger partial charge in [-0.25, -0.2) is 4.79 Å². The van der Waals surface area contributed by atoms with Gasteiger partial charge >= 0.3 is 12.2 Å². The Bertz CT molecular complexity index is 682. The number of carbonyl (C=O) groups is 1. The predicted molar refractivity (Wildman–Crippen MR) is 70.8 cm³/mol. The summed E-state index contributed by atoms with van der Waals surface area (Å²) in [5.74, 6) is 0. The third-order valence-corrected chi connectivity index (χ3v) is 2.85. The number of hydrogen-bond acceptors (Lipinski definition) is 4. The molecule has 118 valence electrons. The van der Waals surface area contributed by atoms with Crippen LogP contribution in [0, 0.1) is 6.92 Å². The minimum absolute atomic E-state index is 0.0943. The van der Waals surface area contributed by atoms with Crippen molar-refractivity contribution in [2.45, 2.75) is 19.6 Å². The van der Waals surface area contributed by atoms with Crippen molar-refractivity contribution in [1.82, 2.24) is 25.3 Å². The number of rotatable bonds is 3. The summed E-state index contributed by atoms with van der Waals surface area (Å²) in [6.07, 6.45) is -3.10. The van der Waals surface area contributed by atoms with Crippen LogP contribution in [0.4, 0.5) is 23.7 Å². The van der Waals surface area contributed by atoms with Crippen LogP contribution < -0.4 is 10.6 Å². The number of urea groups is 1. The molecule has 2 aromatic rings. The van der Waals surface area contributed by atoms with Crippen LogP contribution in [-0.4, -0.2) is 26.0 Å². The van der Waals surface area contributed by atoms with E-state index in [0.29, 0.717) is 11.4 Å². The standard InChI is InChI=1S/C12H13F3N6O/c1-7-9(3-4-17-19-7)18-11(22)16-6-8-5-10(12(13,14)15)20-21(8)2/h3-5H,6H2,1-2H3,(H2,16,17,18,22). The highest BCUT2D eigenvalue weighted by molar-refractivity contribution is 5.89. The van der Waals surface area contributed by atoms with E-state index in [-0.39, 0.29) is 12.2 Å². The number of nitrogens with zero attached hydrogens (tertiary/aromatic N) is 4. The zero-order chi connectivity index (χ0) is 16.3. The van der Waals surface area contributed by atoms with E-state index >= 15 is 0 Å². The average Bonchev–Trinajstić information content (AvgIpc) is 2.80. The first-order chi connectivity index (χ1) is 10.3. The summed E-state index contributed by atoms with van der Waals surface area (Å²) >= 11 is 0. The van der Waals surface area contributed by atoms with Crippen molar-refractivity contribution in [1.29, 1.82) is 0 Å². The summed E-state index contributed by atoms with van der Waals surface area (Å²) in [4.78, 5) is 11.7. The largest absolute Gasteiger partial charge is 0.435 e. The molecule has 10 heteroatoms. The van der Waals surface area contributed by atoms with Gasteiger partial charge in [-0.1, -0.05) is 0 Å². The number of aromatic nitrogens is 4. The van der Waals surface area contributed by atoms with Crippen LogP contribution in [0.1, 0.15) is 17.1 Å². The van der Waals surface area contributed by atoms with Crippen LogP contribution in [-0.2, 0) is 19.8 Å². The molecule has 0 aliphatic carbocycles. The number of aryl methyl sites for hydroxylation is 2. The van der Waals surface area contributed by atoms with Gasteiger partial charge in [-0.05, 0) is 19.1 Å². The summed E-state index contributed by atoms with van der Waals surface area (Å²) in [6.45, 7) is 1.57. The molecular formula is C12H13F3N6O. The van der Waals surface area contributed by atoms with Gasteiger partial charge in [-0.2, -0.15) is 28.5 Å². The predicted octanol–water partition coefficient (Wildman–Crippen LogP) is 1.86. The van der Waals surface area contributed by atoms with Gasteiger partial charge in [0.1, 0.15) is 0 Å². The third kappa shape index (κ3) is 3.71. The van der Waals surface area contributed by atoms with Crippen LogP contribution in [0.15, 0.2) is 18.3 Å². The molecule has 0 bridgehead atoms. The number of hydrogen-bond donors (Lipinski definition) is 2. The number of alkyl halides is 3. The lowest BCUT2D eigenvalue weighted by molar-refractivity contribution is -0.141. The second kappa shape index (κ2) is 6.00. The Hall–Kier alpha value is -2.65. The lowest BCUT2D eigenvalue weighted by Crippen LogP contribution is -2.29. The molecule has 0 aromatic carbocycles. The number of halogens is 3. The lowest BCUT2D eigenvalue weighted by atomic mass is 10.3. The topological polar surface area (TPSA) is 84.7 Å². The molecule has 2 heterocycles. The molecule has 0 radical (unpaired) electrons. The van der Waals surface area contributed by atoms with Gasteiger partial charge in [0.2, 0.25) is 0 Å². The highest BCUT2D eigenvalue weighted by Gasteiger charge is 2.34. The van der Waals surface area contributed by atoms with E-state index in [1.54, 1.807) is 13.0 Å². The molecular weight excluding hydrogens is 301 g/mol. The van der Waals surface area contributed by atoms with E-state index in [2.05, 4.69) is 25.9 Å². The fourth-order valence-electron chi connectivity index (χ4n) is 1.68. The molecule has 7 nitrogen and oxygen atoms in total. The summed E-state index contributed by atoms with van der Waals surface area (Å²) < 4.78 is 38.6.